The Balaban J connectivity index is 1.38. The lowest BCUT2D eigenvalue weighted by molar-refractivity contribution is -0.176. The average molecular weight is 425 g/mol. The van der Waals surface area contributed by atoms with Gasteiger partial charge in [0.2, 0.25) is 0 Å². The minimum absolute atomic E-state index is 0.253. The van der Waals surface area contributed by atoms with E-state index >= 15 is 0 Å². The van der Waals surface area contributed by atoms with Crippen LogP contribution in [0.2, 0.25) is 0 Å². The van der Waals surface area contributed by atoms with Gasteiger partial charge in [-0.25, -0.2) is 4.98 Å². The third-order valence-corrected chi connectivity index (χ3v) is 6.65. The molecular weight excluding hydrogens is 396 g/mol. The van der Waals surface area contributed by atoms with E-state index in [0.29, 0.717) is 17.5 Å². The number of piperidine rings is 1. The van der Waals surface area contributed by atoms with Crippen LogP contribution in [0.5, 0.6) is 0 Å². The summed E-state index contributed by atoms with van der Waals surface area (Å²) in [5.74, 6) is 0.588. The second-order valence-electron chi connectivity index (χ2n) is 8.83. The van der Waals surface area contributed by atoms with Crippen LogP contribution in [0.1, 0.15) is 47.8 Å². The molecule has 1 spiro atoms. The van der Waals surface area contributed by atoms with Crippen LogP contribution in [0.3, 0.4) is 0 Å². The van der Waals surface area contributed by atoms with Gasteiger partial charge in [-0.3, -0.25) is 9.48 Å². The van der Waals surface area contributed by atoms with Crippen LogP contribution in [0, 0.1) is 18.3 Å². The molecule has 0 bridgehead atoms. The molecule has 9 nitrogen and oxygen atoms in total. The van der Waals surface area contributed by atoms with Gasteiger partial charge < -0.3 is 20.1 Å². The highest BCUT2D eigenvalue weighted by atomic mass is 16.5. The summed E-state index contributed by atoms with van der Waals surface area (Å²) in [5.41, 5.74) is 0.311. The second kappa shape index (κ2) is 7.94. The maximum atomic E-state index is 12.7. The Bertz CT molecular complexity index is 999. The fraction of sp³-hybridized carbons (Fsp3) is 0.545. The van der Waals surface area contributed by atoms with Gasteiger partial charge in [0.25, 0.3) is 5.91 Å². The number of carbonyl (C=O) groups is 1. The molecule has 2 N–H and O–H groups in total. The molecule has 2 saturated heterocycles. The van der Waals surface area contributed by atoms with Gasteiger partial charge in [0, 0.05) is 38.4 Å². The van der Waals surface area contributed by atoms with Crippen molar-refractivity contribution in [1.82, 2.24) is 20.1 Å². The summed E-state index contributed by atoms with van der Waals surface area (Å²) >= 11 is 0. The maximum absolute atomic E-state index is 12.7. The molecule has 2 aliphatic rings. The quantitative estimate of drug-likeness (QED) is 0.763. The van der Waals surface area contributed by atoms with Crippen molar-refractivity contribution in [2.75, 3.05) is 24.6 Å². The highest BCUT2D eigenvalue weighted by molar-refractivity contribution is 5.95. The summed E-state index contributed by atoms with van der Waals surface area (Å²) in [6.07, 6.45) is 5.09. The Morgan fingerprint density at radius 3 is 2.65 bits per heavy atom. The van der Waals surface area contributed by atoms with Crippen molar-refractivity contribution in [3.63, 3.8) is 0 Å². The third kappa shape index (κ3) is 4.13. The Hall–Kier alpha value is -2.96. The normalized spacial score (nSPS) is 25.3. The van der Waals surface area contributed by atoms with Gasteiger partial charge in [0.05, 0.1) is 41.2 Å². The molecule has 0 aliphatic carbocycles. The number of aryl methyl sites for hydroxylation is 1. The van der Waals surface area contributed by atoms with E-state index < -0.39 is 17.2 Å². The zero-order chi connectivity index (χ0) is 22.2. The fourth-order valence-electron chi connectivity index (χ4n) is 4.52. The molecular formula is C22H28N6O3. The summed E-state index contributed by atoms with van der Waals surface area (Å²) < 4.78 is 7.91. The molecule has 31 heavy (non-hydrogen) atoms. The first kappa shape index (κ1) is 21.3. The van der Waals surface area contributed by atoms with E-state index in [1.54, 1.807) is 30.9 Å². The van der Waals surface area contributed by atoms with Crippen LogP contribution in [-0.2, 0) is 11.8 Å². The number of rotatable bonds is 3. The molecule has 164 valence electrons. The number of anilines is 1. The molecule has 4 rings (SSSR count). The van der Waals surface area contributed by atoms with Crippen molar-refractivity contribution in [1.29, 1.82) is 5.26 Å². The standard InChI is InChI=1S/C22H28N6O3/c1-15-17(12-25-27(15)3)20(29)26-18-13-31-22(14-21(18,2)30)6-8-28(9-7-22)19-5-4-16(10-23)11-24-19/h4-5,11-12,18,30H,6-9,13-14H2,1-3H3,(H,26,29)/t18-,21-/m0/s1. The number of amides is 1. The summed E-state index contributed by atoms with van der Waals surface area (Å²) in [6.45, 7) is 5.37. The number of nitrogens with one attached hydrogen (secondary N) is 1. The minimum atomic E-state index is -1.08. The smallest absolute Gasteiger partial charge is 0.255 e. The van der Waals surface area contributed by atoms with E-state index in [4.69, 9.17) is 10.00 Å². The summed E-state index contributed by atoms with van der Waals surface area (Å²) in [4.78, 5) is 19.2. The molecule has 2 fully saturated rings. The lowest BCUT2D eigenvalue weighted by atomic mass is 9.75. The van der Waals surface area contributed by atoms with Gasteiger partial charge in [0.1, 0.15) is 11.9 Å². The lowest BCUT2D eigenvalue weighted by Crippen LogP contribution is -2.64. The van der Waals surface area contributed by atoms with Crippen molar-refractivity contribution >= 4 is 11.7 Å². The number of pyridine rings is 1. The van der Waals surface area contributed by atoms with Crippen LogP contribution in [0.4, 0.5) is 5.82 Å². The number of carbonyl (C=O) groups excluding carboxylic acids is 1. The maximum Gasteiger partial charge on any atom is 0.255 e. The van der Waals surface area contributed by atoms with Crippen molar-refractivity contribution < 1.29 is 14.6 Å². The molecule has 0 saturated carbocycles. The zero-order valence-electron chi connectivity index (χ0n) is 18.1. The molecule has 0 unspecified atom stereocenters. The Kier molecular flexibility index (Phi) is 5.45. The van der Waals surface area contributed by atoms with Crippen LogP contribution in [0.25, 0.3) is 0 Å². The van der Waals surface area contributed by atoms with Gasteiger partial charge in [-0.2, -0.15) is 10.4 Å². The summed E-state index contributed by atoms with van der Waals surface area (Å²) in [5, 5.41) is 27.2. The van der Waals surface area contributed by atoms with E-state index in [0.717, 1.165) is 37.4 Å². The average Bonchev–Trinajstić information content (AvgIpc) is 3.09. The minimum Gasteiger partial charge on any atom is -0.388 e. The van der Waals surface area contributed by atoms with E-state index in [2.05, 4.69) is 26.4 Å². The van der Waals surface area contributed by atoms with Crippen molar-refractivity contribution in [3.8, 4) is 6.07 Å². The number of hydrogen-bond acceptors (Lipinski definition) is 7. The van der Waals surface area contributed by atoms with E-state index in [1.165, 1.54) is 6.20 Å². The Morgan fingerprint density at radius 2 is 2.10 bits per heavy atom. The number of aliphatic hydroxyl groups is 1. The molecule has 1 amide bonds. The van der Waals surface area contributed by atoms with Gasteiger partial charge in [0.15, 0.2) is 0 Å². The zero-order valence-corrected chi connectivity index (χ0v) is 18.1. The number of ether oxygens (including phenoxy) is 1. The van der Waals surface area contributed by atoms with Crippen LogP contribution in [-0.4, -0.2) is 62.7 Å². The summed E-state index contributed by atoms with van der Waals surface area (Å²) in [6, 6.07) is 5.22. The molecule has 9 heteroatoms. The fourth-order valence-corrected chi connectivity index (χ4v) is 4.52. The van der Waals surface area contributed by atoms with Crippen LogP contribution >= 0.6 is 0 Å². The molecule has 2 aromatic heterocycles. The topological polar surface area (TPSA) is 116 Å². The molecule has 0 aromatic carbocycles. The van der Waals surface area contributed by atoms with Crippen molar-refractivity contribution in [2.24, 2.45) is 7.05 Å². The highest BCUT2D eigenvalue weighted by Crippen LogP contribution is 2.40. The van der Waals surface area contributed by atoms with Crippen LogP contribution < -0.4 is 10.2 Å². The molecule has 0 radical (unpaired) electrons. The second-order valence-corrected chi connectivity index (χ2v) is 8.83. The Morgan fingerprint density at radius 1 is 1.35 bits per heavy atom. The monoisotopic (exact) mass is 424 g/mol. The SMILES string of the molecule is Cc1c(C(=O)N[C@H]2COC3(CCN(c4ccc(C#N)cn4)CC3)C[C@]2(C)O)cnn1C. The largest absolute Gasteiger partial charge is 0.388 e. The molecule has 2 aromatic rings. The van der Waals surface area contributed by atoms with E-state index in [9.17, 15) is 9.90 Å². The summed E-state index contributed by atoms with van der Waals surface area (Å²) in [7, 11) is 1.79. The first-order chi connectivity index (χ1) is 14.7. The highest BCUT2D eigenvalue weighted by Gasteiger charge is 2.49. The third-order valence-electron chi connectivity index (χ3n) is 6.65. The number of hydrogen-bond donors (Lipinski definition) is 2. The number of nitriles is 1. The van der Waals surface area contributed by atoms with Gasteiger partial charge in [-0.15, -0.1) is 0 Å². The predicted octanol–water partition coefficient (Wildman–Crippen LogP) is 1.30. The Labute approximate surface area is 181 Å². The first-order valence-electron chi connectivity index (χ1n) is 10.5. The lowest BCUT2D eigenvalue weighted by Gasteiger charge is -2.51. The van der Waals surface area contributed by atoms with Crippen molar-refractivity contribution in [3.05, 3.63) is 41.3 Å². The van der Waals surface area contributed by atoms with Crippen molar-refractivity contribution in [2.45, 2.75) is 50.4 Å². The van der Waals surface area contributed by atoms with Gasteiger partial charge >= 0.3 is 0 Å². The predicted molar refractivity (Wildman–Crippen MR) is 114 cm³/mol. The van der Waals surface area contributed by atoms with Gasteiger partial charge in [-0.05, 0) is 38.8 Å². The number of aromatic nitrogens is 3. The first-order valence-corrected chi connectivity index (χ1v) is 10.5. The molecule has 2 aliphatic heterocycles. The molecule has 4 heterocycles. The molecule has 2 atom stereocenters. The van der Waals surface area contributed by atoms with Crippen LogP contribution in [0.15, 0.2) is 24.5 Å². The number of nitrogens with zero attached hydrogens (tertiary/aromatic N) is 5. The van der Waals surface area contributed by atoms with E-state index in [-0.39, 0.29) is 12.5 Å². The van der Waals surface area contributed by atoms with Gasteiger partial charge in [-0.1, -0.05) is 0 Å². The van der Waals surface area contributed by atoms with E-state index in [1.807, 2.05) is 13.0 Å².